The van der Waals surface area contributed by atoms with Gasteiger partial charge < -0.3 is 9.47 Å². The van der Waals surface area contributed by atoms with Gasteiger partial charge in [-0.15, -0.1) is 6.58 Å². The minimum Gasteiger partial charge on any atom is -0.327 e. The molecule has 26 heavy (non-hydrogen) atoms. The fraction of sp³-hybridized carbons (Fsp3) is 0.250. The number of rotatable bonds is 7. The molecular weight excluding hydrogens is 331 g/mol. The predicted octanol–water partition coefficient (Wildman–Crippen LogP) is 3.81. The van der Waals surface area contributed by atoms with E-state index in [1.165, 1.54) is 12.1 Å². The number of aromatic nitrogens is 3. The van der Waals surface area contributed by atoms with Crippen LogP contribution in [-0.2, 0) is 13.1 Å². The van der Waals surface area contributed by atoms with Gasteiger partial charge in [-0.2, -0.15) is 0 Å². The first-order valence-electron chi connectivity index (χ1n) is 8.60. The van der Waals surface area contributed by atoms with E-state index in [0.29, 0.717) is 6.54 Å². The second kappa shape index (κ2) is 7.91. The van der Waals surface area contributed by atoms with Gasteiger partial charge in [-0.1, -0.05) is 25.1 Å². The number of pyridine rings is 1. The molecule has 0 atom stereocenters. The van der Waals surface area contributed by atoms with E-state index in [2.05, 4.69) is 23.5 Å². The number of hydrogen-bond donors (Lipinski definition) is 0. The van der Waals surface area contributed by atoms with Crippen LogP contribution < -0.4 is 0 Å². The molecule has 0 aliphatic carbocycles. The van der Waals surface area contributed by atoms with Gasteiger partial charge in [0.15, 0.2) is 5.65 Å². The molecule has 6 heteroatoms. The van der Waals surface area contributed by atoms with Gasteiger partial charge in [0.1, 0.15) is 17.2 Å². The summed E-state index contributed by atoms with van der Waals surface area (Å²) in [5, 5.41) is 0. The summed E-state index contributed by atoms with van der Waals surface area (Å²) in [6, 6.07) is 9.73. The Labute approximate surface area is 151 Å². The second-order valence-corrected chi connectivity index (χ2v) is 5.98. The topological polar surface area (TPSA) is 51.0 Å². The normalized spacial score (nSPS) is 10.8. The van der Waals surface area contributed by atoms with Crippen LogP contribution in [0.5, 0.6) is 0 Å². The average molecular weight is 352 g/mol. The number of carbonyl (C=O) groups excluding carboxylic acids is 1. The standard InChI is InChI=1S/C20H21FN4O/c1-3-12-24(20(26)15-8-5-6-9-16(15)21)14-18-23-17-10-7-11-22-19(17)25(18)13-4-2/h3,5-11H,1,4,12-14H2,2H3. The van der Waals surface area contributed by atoms with Crippen LogP contribution >= 0.6 is 0 Å². The fourth-order valence-corrected chi connectivity index (χ4v) is 2.94. The summed E-state index contributed by atoms with van der Waals surface area (Å²) in [5.41, 5.74) is 1.62. The van der Waals surface area contributed by atoms with Gasteiger partial charge in [0.05, 0.1) is 12.1 Å². The first kappa shape index (κ1) is 17.8. The van der Waals surface area contributed by atoms with E-state index in [-0.39, 0.29) is 18.0 Å². The van der Waals surface area contributed by atoms with Crippen LogP contribution in [0.25, 0.3) is 11.2 Å². The Kier molecular flexibility index (Phi) is 5.41. The summed E-state index contributed by atoms with van der Waals surface area (Å²) in [7, 11) is 0. The summed E-state index contributed by atoms with van der Waals surface area (Å²) in [6.45, 7) is 7.10. The van der Waals surface area contributed by atoms with Crippen molar-refractivity contribution in [1.82, 2.24) is 19.4 Å². The zero-order valence-corrected chi connectivity index (χ0v) is 14.7. The number of aryl methyl sites for hydroxylation is 1. The SMILES string of the molecule is C=CCN(Cc1nc2cccnc2n1CCC)C(=O)c1ccccc1F. The third kappa shape index (κ3) is 3.49. The second-order valence-electron chi connectivity index (χ2n) is 5.98. The molecule has 0 aliphatic heterocycles. The monoisotopic (exact) mass is 352 g/mol. The van der Waals surface area contributed by atoms with Gasteiger partial charge in [-0.3, -0.25) is 4.79 Å². The van der Waals surface area contributed by atoms with Gasteiger partial charge in [0.25, 0.3) is 5.91 Å². The molecule has 5 nitrogen and oxygen atoms in total. The Bertz CT molecular complexity index is 934. The number of carbonyl (C=O) groups is 1. The highest BCUT2D eigenvalue weighted by atomic mass is 19.1. The fourth-order valence-electron chi connectivity index (χ4n) is 2.94. The van der Waals surface area contributed by atoms with E-state index < -0.39 is 5.82 Å². The summed E-state index contributed by atoms with van der Waals surface area (Å²) >= 11 is 0. The van der Waals surface area contributed by atoms with E-state index in [1.54, 1.807) is 29.3 Å². The van der Waals surface area contributed by atoms with Crippen molar-refractivity contribution >= 4 is 17.1 Å². The van der Waals surface area contributed by atoms with Crippen molar-refractivity contribution in [3.8, 4) is 0 Å². The molecule has 0 fully saturated rings. The van der Waals surface area contributed by atoms with Crippen molar-refractivity contribution in [3.63, 3.8) is 0 Å². The molecule has 2 heterocycles. The zero-order valence-electron chi connectivity index (χ0n) is 14.7. The quantitative estimate of drug-likeness (QED) is 0.608. The highest BCUT2D eigenvalue weighted by molar-refractivity contribution is 5.94. The molecule has 134 valence electrons. The molecule has 0 bridgehead atoms. The Morgan fingerprint density at radius 3 is 2.85 bits per heavy atom. The number of fused-ring (bicyclic) bond motifs is 1. The van der Waals surface area contributed by atoms with Crippen LogP contribution in [0, 0.1) is 5.82 Å². The van der Waals surface area contributed by atoms with Crippen LogP contribution in [0.4, 0.5) is 4.39 Å². The molecule has 0 N–H and O–H groups in total. The Balaban J connectivity index is 1.97. The predicted molar refractivity (Wildman–Crippen MR) is 99.2 cm³/mol. The van der Waals surface area contributed by atoms with Crippen LogP contribution in [0.3, 0.4) is 0 Å². The Morgan fingerprint density at radius 1 is 1.31 bits per heavy atom. The van der Waals surface area contributed by atoms with Crippen molar-refractivity contribution in [2.75, 3.05) is 6.54 Å². The maximum absolute atomic E-state index is 14.0. The molecule has 3 rings (SSSR count). The lowest BCUT2D eigenvalue weighted by molar-refractivity contribution is 0.0752. The molecule has 0 saturated carbocycles. The van der Waals surface area contributed by atoms with Gasteiger partial charge >= 0.3 is 0 Å². The Hall–Kier alpha value is -3.02. The van der Waals surface area contributed by atoms with Crippen molar-refractivity contribution in [2.45, 2.75) is 26.4 Å². The smallest absolute Gasteiger partial charge is 0.257 e. The lowest BCUT2D eigenvalue weighted by atomic mass is 10.2. The van der Waals surface area contributed by atoms with Crippen LogP contribution in [0.2, 0.25) is 0 Å². The van der Waals surface area contributed by atoms with Gasteiger partial charge in [0.2, 0.25) is 0 Å². The molecular formula is C20H21FN4O. The number of amides is 1. The number of benzene rings is 1. The summed E-state index contributed by atoms with van der Waals surface area (Å²) in [5.74, 6) is -0.187. The lowest BCUT2D eigenvalue weighted by Crippen LogP contribution is -2.32. The molecule has 0 spiro atoms. The van der Waals surface area contributed by atoms with E-state index in [1.807, 2.05) is 16.7 Å². The van der Waals surface area contributed by atoms with E-state index >= 15 is 0 Å². The highest BCUT2D eigenvalue weighted by Gasteiger charge is 2.21. The van der Waals surface area contributed by atoms with Gasteiger partial charge in [-0.25, -0.2) is 14.4 Å². The lowest BCUT2D eigenvalue weighted by Gasteiger charge is -2.21. The number of nitrogens with zero attached hydrogens (tertiary/aromatic N) is 4. The minimum atomic E-state index is -0.532. The van der Waals surface area contributed by atoms with E-state index in [9.17, 15) is 9.18 Å². The van der Waals surface area contributed by atoms with Gasteiger partial charge in [0, 0.05) is 19.3 Å². The van der Waals surface area contributed by atoms with Crippen molar-refractivity contribution in [2.24, 2.45) is 0 Å². The van der Waals surface area contributed by atoms with Crippen LogP contribution in [-0.4, -0.2) is 31.9 Å². The van der Waals surface area contributed by atoms with Crippen molar-refractivity contribution in [3.05, 3.63) is 72.5 Å². The maximum Gasteiger partial charge on any atom is 0.257 e. The zero-order chi connectivity index (χ0) is 18.5. The third-order valence-corrected chi connectivity index (χ3v) is 4.10. The maximum atomic E-state index is 14.0. The number of imidazole rings is 1. The van der Waals surface area contributed by atoms with Crippen molar-refractivity contribution < 1.29 is 9.18 Å². The molecule has 0 saturated heterocycles. The first-order valence-corrected chi connectivity index (χ1v) is 8.60. The molecule has 1 aromatic carbocycles. The summed E-state index contributed by atoms with van der Waals surface area (Å²) < 4.78 is 16.1. The average Bonchev–Trinajstić information content (AvgIpc) is 2.99. The minimum absolute atomic E-state index is 0.0469. The van der Waals surface area contributed by atoms with Crippen LogP contribution in [0.15, 0.2) is 55.3 Å². The molecule has 3 aromatic rings. The highest BCUT2D eigenvalue weighted by Crippen LogP contribution is 2.18. The summed E-state index contributed by atoms with van der Waals surface area (Å²) in [6.07, 6.45) is 4.27. The summed E-state index contributed by atoms with van der Waals surface area (Å²) in [4.78, 5) is 23.4. The molecule has 1 amide bonds. The number of hydrogen-bond acceptors (Lipinski definition) is 3. The third-order valence-electron chi connectivity index (χ3n) is 4.10. The van der Waals surface area contributed by atoms with Gasteiger partial charge in [-0.05, 0) is 30.7 Å². The first-order chi connectivity index (χ1) is 12.7. The molecule has 0 aliphatic rings. The van der Waals surface area contributed by atoms with E-state index in [4.69, 9.17) is 0 Å². The number of halogens is 1. The largest absolute Gasteiger partial charge is 0.327 e. The van der Waals surface area contributed by atoms with Crippen LogP contribution in [0.1, 0.15) is 29.5 Å². The Morgan fingerprint density at radius 2 is 2.12 bits per heavy atom. The van der Waals surface area contributed by atoms with Crippen molar-refractivity contribution in [1.29, 1.82) is 0 Å². The van der Waals surface area contributed by atoms with E-state index in [0.717, 1.165) is 30.0 Å². The molecule has 0 radical (unpaired) electrons. The molecule has 0 unspecified atom stereocenters. The molecule has 2 aromatic heterocycles.